The van der Waals surface area contributed by atoms with Crippen molar-refractivity contribution in [2.24, 2.45) is 0 Å². The molecule has 0 aliphatic heterocycles. The summed E-state index contributed by atoms with van der Waals surface area (Å²) < 4.78 is 5.31. The molecule has 0 aliphatic rings. The first-order valence-corrected chi connectivity index (χ1v) is 5.54. The zero-order chi connectivity index (χ0) is 12.0. The summed E-state index contributed by atoms with van der Waals surface area (Å²) in [6.45, 7) is 1.66. The number of rotatable bonds is 5. The summed E-state index contributed by atoms with van der Waals surface area (Å²) in [5.41, 5.74) is 0.717. The number of benzene rings is 1. The molecule has 1 unspecified atom stereocenters. The van der Waals surface area contributed by atoms with Gasteiger partial charge in [-0.05, 0) is 24.3 Å². The maximum Gasteiger partial charge on any atom is 0.221 e. The number of carbonyl (C=O) groups excluding carboxylic acids is 1. The van der Waals surface area contributed by atoms with Crippen LogP contribution in [-0.4, -0.2) is 29.5 Å². The average molecular weight is 241 g/mol. The molecule has 1 aromatic rings. The van der Waals surface area contributed by atoms with E-state index in [1.54, 1.807) is 24.3 Å². The van der Waals surface area contributed by atoms with Crippen LogP contribution in [0.25, 0.3) is 0 Å². The van der Waals surface area contributed by atoms with Gasteiger partial charge < -0.3 is 15.2 Å². The van der Waals surface area contributed by atoms with Gasteiger partial charge in [0.1, 0.15) is 12.4 Å². The van der Waals surface area contributed by atoms with Crippen LogP contribution < -0.4 is 10.1 Å². The van der Waals surface area contributed by atoms with Gasteiger partial charge in [0.2, 0.25) is 5.91 Å². The Hall–Kier alpha value is -1.20. The lowest BCUT2D eigenvalue weighted by Gasteiger charge is -2.10. The number of nitrogens with one attached hydrogen (secondary N) is 1. The van der Waals surface area contributed by atoms with Gasteiger partial charge in [-0.3, -0.25) is 4.79 Å². The van der Waals surface area contributed by atoms with E-state index in [1.807, 2.05) is 0 Å². The Kier molecular flexibility index (Phi) is 5.14. The molecular weight excluding hydrogens is 226 g/mol. The number of thiol groups is 1. The number of aliphatic hydroxyl groups is 1. The van der Waals surface area contributed by atoms with Crippen molar-refractivity contribution in [1.29, 1.82) is 0 Å². The van der Waals surface area contributed by atoms with Gasteiger partial charge in [0.25, 0.3) is 0 Å². The maximum absolute atomic E-state index is 10.8. The van der Waals surface area contributed by atoms with Gasteiger partial charge in [-0.15, -0.1) is 0 Å². The molecule has 2 N–H and O–H groups in total. The van der Waals surface area contributed by atoms with E-state index in [4.69, 9.17) is 4.74 Å². The summed E-state index contributed by atoms with van der Waals surface area (Å²) in [4.78, 5) is 10.8. The van der Waals surface area contributed by atoms with Crippen LogP contribution in [0.4, 0.5) is 5.69 Å². The van der Waals surface area contributed by atoms with E-state index in [9.17, 15) is 9.90 Å². The Labute approximate surface area is 100 Å². The van der Waals surface area contributed by atoms with Crippen LogP contribution in [0.15, 0.2) is 24.3 Å². The van der Waals surface area contributed by atoms with E-state index in [0.717, 1.165) is 5.69 Å². The maximum atomic E-state index is 10.8. The molecule has 0 aromatic heterocycles. The molecule has 1 atom stereocenters. The number of amides is 1. The topological polar surface area (TPSA) is 58.6 Å². The minimum Gasteiger partial charge on any atom is -0.491 e. The molecule has 0 saturated carbocycles. The van der Waals surface area contributed by atoms with Crippen LogP contribution in [0.1, 0.15) is 6.92 Å². The minimum absolute atomic E-state index is 0.112. The van der Waals surface area contributed by atoms with Gasteiger partial charge in [-0.2, -0.15) is 12.6 Å². The lowest BCUT2D eigenvalue weighted by Crippen LogP contribution is -2.18. The third-order valence-corrected chi connectivity index (χ3v) is 2.25. The van der Waals surface area contributed by atoms with Crippen molar-refractivity contribution in [2.75, 3.05) is 17.7 Å². The second-order valence-electron chi connectivity index (χ2n) is 3.35. The largest absolute Gasteiger partial charge is 0.491 e. The number of anilines is 1. The Morgan fingerprint density at radius 1 is 1.50 bits per heavy atom. The Bertz CT molecular complexity index is 340. The summed E-state index contributed by atoms with van der Waals surface area (Å²) in [5, 5.41) is 11.9. The van der Waals surface area contributed by atoms with Crippen LogP contribution >= 0.6 is 12.6 Å². The van der Waals surface area contributed by atoms with Crippen molar-refractivity contribution in [3.63, 3.8) is 0 Å². The molecule has 0 bridgehead atoms. The summed E-state index contributed by atoms with van der Waals surface area (Å²) in [7, 11) is 0. The number of hydrogen-bond donors (Lipinski definition) is 3. The highest BCUT2D eigenvalue weighted by molar-refractivity contribution is 7.80. The zero-order valence-corrected chi connectivity index (χ0v) is 9.91. The van der Waals surface area contributed by atoms with Crippen LogP contribution in [-0.2, 0) is 4.79 Å². The van der Waals surface area contributed by atoms with E-state index in [1.165, 1.54) is 6.92 Å². The SMILES string of the molecule is CC(=O)Nc1ccc(OCC(O)CS)cc1. The van der Waals surface area contributed by atoms with Crippen molar-refractivity contribution in [3.8, 4) is 5.75 Å². The Morgan fingerprint density at radius 3 is 2.62 bits per heavy atom. The first-order chi connectivity index (χ1) is 7.61. The predicted molar refractivity (Wildman–Crippen MR) is 66.1 cm³/mol. The summed E-state index contributed by atoms with van der Waals surface area (Å²) in [6, 6.07) is 6.95. The molecule has 0 radical (unpaired) electrons. The van der Waals surface area contributed by atoms with Gasteiger partial charge >= 0.3 is 0 Å². The van der Waals surface area contributed by atoms with Crippen molar-refractivity contribution in [1.82, 2.24) is 0 Å². The van der Waals surface area contributed by atoms with Crippen molar-refractivity contribution in [2.45, 2.75) is 13.0 Å². The van der Waals surface area contributed by atoms with E-state index in [0.29, 0.717) is 11.5 Å². The summed E-state index contributed by atoms with van der Waals surface area (Å²) >= 11 is 3.94. The van der Waals surface area contributed by atoms with Gasteiger partial charge in [0, 0.05) is 18.4 Å². The van der Waals surface area contributed by atoms with Gasteiger partial charge in [-0.25, -0.2) is 0 Å². The molecular formula is C11H15NO3S. The average Bonchev–Trinajstić information content (AvgIpc) is 2.27. The van der Waals surface area contributed by atoms with Crippen molar-refractivity contribution in [3.05, 3.63) is 24.3 Å². The third-order valence-electron chi connectivity index (χ3n) is 1.83. The smallest absolute Gasteiger partial charge is 0.221 e. The third kappa shape index (κ3) is 4.55. The summed E-state index contributed by atoms with van der Waals surface area (Å²) in [5.74, 6) is 0.901. The molecule has 0 spiro atoms. The molecule has 1 amide bonds. The van der Waals surface area contributed by atoms with E-state index < -0.39 is 6.10 Å². The van der Waals surface area contributed by atoms with E-state index in [2.05, 4.69) is 17.9 Å². The quantitative estimate of drug-likeness (QED) is 0.681. The second kappa shape index (κ2) is 6.40. The highest BCUT2D eigenvalue weighted by Gasteiger charge is 2.02. The minimum atomic E-state index is -0.571. The van der Waals surface area contributed by atoms with Crippen molar-refractivity contribution >= 4 is 24.2 Å². The molecule has 1 aromatic carbocycles. The zero-order valence-electron chi connectivity index (χ0n) is 9.01. The molecule has 5 heteroatoms. The monoisotopic (exact) mass is 241 g/mol. The van der Waals surface area contributed by atoms with Gasteiger partial charge in [-0.1, -0.05) is 0 Å². The first-order valence-electron chi connectivity index (χ1n) is 4.91. The molecule has 16 heavy (non-hydrogen) atoms. The second-order valence-corrected chi connectivity index (χ2v) is 3.72. The number of ether oxygens (including phenoxy) is 1. The lowest BCUT2D eigenvalue weighted by atomic mass is 10.3. The molecule has 0 fully saturated rings. The Balaban J connectivity index is 2.48. The van der Waals surface area contributed by atoms with Crippen molar-refractivity contribution < 1.29 is 14.6 Å². The molecule has 1 rings (SSSR count). The Morgan fingerprint density at radius 2 is 2.12 bits per heavy atom. The number of aliphatic hydroxyl groups excluding tert-OH is 1. The van der Waals surface area contributed by atoms with E-state index in [-0.39, 0.29) is 12.5 Å². The molecule has 0 heterocycles. The molecule has 0 saturated heterocycles. The highest BCUT2D eigenvalue weighted by atomic mass is 32.1. The van der Waals surface area contributed by atoms with Crippen LogP contribution in [0.5, 0.6) is 5.75 Å². The molecule has 88 valence electrons. The fraction of sp³-hybridized carbons (Fsp3) is 0.364. The van der Waals surface area contributed by atoms with Gasteiger partial charge in [0.05, 0.1) is 6.10 Å². The number of hydrogen-bond acceptors (Lipinski definition) is 4. The fourth-order valence-corrected chi connectivity index (χ4v) is 1.19. The fourth-order valence-electron chi connectivity index (χ4n) is 1.08. The number of carbonyl (C=O) groups is 1. The molecule has 0 aliphatic carbocycles. The lowest BCUT2D eigenvalue weighted by molar-refractivity contribution is -0.114. The van der Waals surface area contributed by atoms with Gasteiger partial charge in [0.15, 0.2) is 0 Å². The highest BCUT2D eigenvalue weighted by Crippen LogP contribution is 2.15. The van der Waals surface area contributed by atoms with E-state index >= 15 is 0 Å². The summed E-state index contributed by atoms with van der Waals surface area (Å²) in [6.07, 6.45) is -0.571. The van der Waals surface area contributed by atoms with Crippen LogP contribution in [0.2, 0.25) is 0 Å². The first kappa shape index (κ1) is 12.9. The van der Waals surface area contributed by atoms with Crippen LogP contribution in [0.3, 0.4) is 0 Å². The molecule has 4 nitrogen and oxygen atoms in total. The normalized spacial score (nSPS) is 11.9. The van der Waals surface area contributed by atoms with Crippen LogP contribution in [0, 0.1) is 0 Å². The standard InChI is InChI=1S/C11H15NO3S/c1-8(13)12-9-2-4-11(5-3-9)15-6-10(14)7-16/h2-5,10,14,16H,6-7H2,1H3,(H,12,13). The predicted octanol–water partition coefficient (Wildman–Crippen LogP) is 1.31.